The van der Waals surface area contributed by atoms with Crippen molar-refractivity contribution in [1.82, 2.24) is 15.2 Å². The average Bonchev–Trinajstić information content (AvgIpc) is 3.08. The van der Waals surface area contributed by atoms with Crippen molar-refractivity contribution in [1.29, 1.82) is 0 Å². The van der Waals surface area contributed by atoms with E-state index in [0.29, 0.717) is 38.8 Å². The second kappa shape index (κ2) is 6.98. The highest BCUT2D eigenvalue weighted by molar-refractivity contribution is 9.10. The van der Waals surface area contributed by atoms with Crippen molar-refractivity contribution < 1.29 is 14.2 Å². The molecule has 3 aromatic rings. The standard InChI is InChI=1S/C18H12BrClN4O3S/c1-28-18-22-17-15(23-24-18)10-4-8(19)2-3-12(10)21-16(27-17)9-5-13-14(6-11(9)20)26-7-25-13/h2-6,16,21H,7H2,1H3/t16-/m1/s1. The fourth-order valence-electron chi connectivity index (χ4n) is 3.03. The molecule has 10 heteroatoms. The lowest BCUT2D eigenvalue weighted by atomic mass is 10.1. The highest BCUT2D eigenvalue weighted by atomic mass is 79.9. The Morgan fingerprint density at radius 1 is 1.18 bits per heavy atom. The van der Waals surface area contributed by atoms with Crippen LogP contribution in [0.15, 0.2) is 40.0 Å². The SMILES string of the molecule is CSc1nnc2c(n1)O[C@H](c1cc3c(cc1Cl)OCO3)Nc1ccc(Br)cc1-2. The van der Waals surface area contributed by atoms with Crippen LogP contribution in [0.25, 0.3) is 11.3 Å². The van der Waals surface area contributed by atoms with Crippen molar-refractivity contribution in [2.45, 2.75) is 11.4 Å². The van der Waals surface area contributed by atoms with Gasteiger partial charge in [0.25, 0.3) is 0 Å². The molecule has 2 aromatic carbocycles. The van der Waals surface area contributed by atoms with Gasteiger partial charge in [-0.05, 0) is 30.5 Å². The molecule has 0 amide bonds. The lowest BCUT2D eigenvalue weighted by molar-refractivity contribution is 0.173. The number of aromatic nitrogens is 3. The molecule has 1 aromatic heterocycles. The van der Waals surface area contributed by atoms with Gasteiger partial charge in [-0.2, -0.15) is 4.98 Å². The molecule has 2 aliphatic rings. The molecule has 0 radical (unpaired) electrons. The van der Waals surface area contributed by atoms with Crippen molar-refractivity contribution in [2.75, 3.05) is 18.4 Å². The smallest absolute Gasteiger partial charge is 0.247 e. The summed E-state index contributed by atoms with van der Waals surface area (Å²) < 4.78 is 18.0. The Kier molecular flexibility index (Phi) is 4.45. The van der Waals surface area contributed by atoms with Crippen LogP contribution in [0.2, 0.25) is 5.02 Å². The molecule has 0 saturated carbocycles. The molecule has 1 N–H and O–H groups in total. The van der Waals surface area contributed by atoms with Gasteiger partial charge in [-0.3, -0.25) is 0 Å². The number of halogens is 2. The minimum atomic E-state index is -0.602. The Morgan fingerprint density at radius 2 is 2.00 bits per heavy atom. The lowest BCUT2D eigenvalue weighted by Crippen LogP contribution is -2.17. The summed E-state index contributed by atoms with van der Waals surface area (Å²) in [6.45, 7) is 0.169. The van der Waals surface area contributed by atoms with Crippen LogP contribution in [0, 0.1) is 0 Å². The first-order valence-electron chi connectivity index (χ1n) is 8.23. The third-order valence-corrected chi connectivity index (χ3v) is 5.70. The summed E-state index contributed by atoms with van der Waals surface area (Å²) >= 11 is 11.4. The van der Waals surface area contributed by atoms with Crippen LogP contribution >= 0.6 is 39.3 Å². The molecule has 2 aliphatic heterocycles. The topological polar surface area (TPSA) is 78.4 Å². The number of anilines is 1. The van der Waals surface area contributed by atoms with E-state index >= 15 is 0 Å². The molecule has 1 atom stereocenters. The van der Waals surface area contributed by atoms with Gasteiger partial charge in [-0.15, -0.1) is 10.2 Å². The van der Waals surface area contributed by atoms with Crippen LogP contribution in [-0.2, 0) is 0 Å². The second-order valence-electron chi connectivity index (χ2n) is 6.01. The second-order valence-corrected chi connectivity index (χ2v) is 8.11. The summed E-state index contributed by atoms with van der Waals surface area (Å²) in [4.78, 5) is 4.51. The van der Waals surface area contributed by atoms with E-state index in [1.807, 2.05) is 30.5 Å². The third-order valence-electron chi connectivity index (χ3n) is 4.35. The number of benzene rings is 2. The number of fused-ring (bicyclic) bond motifs is 4. The maximum atomic E-state index is 6.52. The first kappa shape index (κ1) is 17.8. The van der Waals surface area contributed by atoms with Gasteiger partial charge in [-0.1, -0.05) is 39.3 Å². The Bertz CT molecular complexity index is 1100. The summed E-state index contributed by atoms with van der Waals surface area (Å²) in [5, 5.41) is 12.9. The molecule has 142 valence electrons. The molecule has 7 nitrogen and oxygen atoms in total. The summed E-state index contributed by atoms with van der Waals surface area (Å²) in [7, 11) is 0. The Labute approximate surface area is 177 Å². The summed E-state index contributed by atoms with van der Waals surface area (Å²) in [6, 6.07) is 9.37. The van der Waals surface area contributed by atoms with Gasteiger partial charge in [-0.25, -0.2) is 0 Å². The van der Waals surface area contributed by atoms with Crippen LogP contribution in [-0.4, -0.2) is 28.2 Å². The van der Waals surface area contributed by atoms with Gasteiger partial charge >= 0.3 is 0 Å². The van der Waals surface area contributed by atoms with Crippen LogP contribution in [0.3, 0.4) is 0 Å². The minimum Gasteiger partial charge on any atom is -0.454 e. The van der Waals surface area contributed by atoms with Crippen LogP contribution in [0.4, 0.5) is 5.69 Å². The maximum absolute atomic E-state index is 6.52. The molecule has 0 saturated heterocycles. The highest BCUT2D eigenvalue weighted by Crippen LogP contribution is 2.44. The van der Waals surface area contributed by atoms with Gasteiger partial charge in [0.2, 0.25) is 17.8 Å². The van der Waals surface area contributed by atoms with Crippen LogP contribution in [0.5, 0.6) is 17.4 Å². The fraction of sp³-hybridized carbons (Fsp3) is 0.167. The average molecular weight is 480 g/mol. The summed E-state index contributed by atoms with van der Waals surface area (Å²) in [5.74, 6) is 1.61. The van der Waals surface area contributed by atoms with E-state index in [0.717, 1.165) is 15.7 Å². The molecular weight excluding hydrogens is 468 g/mol. The predicted octanol–water partition coefficient (Wildman–Crippen LogP) is 4.91. The number of nitrogens with zero attached hydrogens (tertiary/aromatic N) is 3. The quantitative estimate of drug-likeness (QED) is 0.520. The van der Waals surface area contributed by atoms with Gasteiger partial charge in [0.15, 0.2) is 23.4 Å². The highest BCUT2D eigenvalue weighted by Gasteiger charge is 2.29. The first-order chi connectivity index (χ1) is 13.6. The van der Waals surface area contributed by atoms with Crippen molar-refractivity contribution in [3.63, 3.8) is 0 Å². The van der Waals surface area contributed by atoms with E-state index in [9.17, 15) is 0 Å². The number of hydrogen-bond donors (Lipinski definition) is 1. The molecule has 3 heterocycles. The monoisotopic (exact) mass is 478 g/mol. The lowest BCUT2D eigenvalue weighted by Gasteiger charge is -2.20. The molecule has 5 rings (SSSR count). The molecule has 0 bridgehead atoms. The van der Waals surface area contributed by atoms with Crippen molar-refractivity contribution >= 4 is 45.0 Å². The summed E-state index contributed by atoms with van der Waals surface area (Å²) in [5.41, 5.74) is 2.92. The summed E-state index contributed by atoms with van der Waals surface area (Å²) in [6.07, 6.45) is 1.28. The number of thioether (sulfide) groups is 1. The zero-order valence-electron chi connectivity index (χ0n) is 14.4. The van der Waals surface area contributed by atoms with Crippen LogP contribution in [0.1, 0.15) is 11.8 Å². The fourth-order valence-corrected chi connectivity index (χ4v) is 3.94. The van der Waals surface area contributed by atoms with E-state index < -0.39 is 6.23 Å². The molecular formula is C18H12BrClN4O3S. The van der Waals surface area contributed by atoms with Crippen molar-refractivity contribution in [2.24, 2.45) is 0 Å². The number of ether oxygens (including phenoxy) is 3. The van der Waals surface area contributed by atoms with Gasteiger partial charge < -0.3 is 19.5 Å². The Hall–Kier alpha value is -2.23. The largest absolute Gasteiger partial charge is 0.454 e. The third kappa shape index (κ3) is 3.03. The molecule has 0 spiro atoms. The van der Waals surface area contributed by atoms with E-state index in [-0.39, 0.29) is 6.79 Å². The van der Waals surface area contributed by atoms with Crippen LogP contribution < -0.4 is 19.5 Å². The predicted molar refractivity (Wildman–Crippen MR) is 109 cm³/mol. The van der Waals surface area contributed by atoms with E-state index in [4.69, 9.17) is 25.8 Å². The van der Waals surface area contributed by atoms with Crippen molar-refractivity contribution in [3.05, 3.63) is 45.4 Å². The zero-order valence-corrected chi connectivity index (χ0v) is 17.6. The molecule has 0 unspecified atom stereocenters. The minimum absolute atomic E-state index is 0.169. The Balaban J connectivity index is 1.67. The normalized spacial score (nSPS) is 16.5. The number of hydrogen-bond acceptors (Lipinski definition) is 8. The molecule has 0 aliphatic carbocycles. The molecule has 0 fully saturated rings. The zero-order chi connectivity index (χ0) is 19.3. The maximum Gasteiger partial charge on any atom is 0.247 e. The first-order valence-corrected chi connectivity index (χ1v) is 10.6. The Morgan fingerprint density at radius 3 is 2.82 bits per heavy atom. The van der Waals surface area contributed by atoms with Gasteiger partial charge in [0.05, 0.1) is 5.02 Å². The molecule has 28 heavy (non-hydrogen) atoms. The van der Waals surface area contributed by atoms with Gasteiger partial charge in [0.1, 0.15) is 0 Å². The van der Waals surface area contributed by atoms with Gasteiger partial charge in [0, 0.05) is 27.4 Å². The number of rotatable bonds is 2. The van der Waals surface area contributed by atoms with E-state index in [1.165, 1.54) is 11.8 Å². The van der Waals surface area contributed by atoms with E-state index in [2.05, 4.69) is 36.4 Å². The number of nitrogens with one attached hydrogen (secondary N) is 1. The van der Waals surface area contributed by atoms with E-state index in [1.54, 1.807) is 6.07 Å². The van der Waals surface area contributed by atoms with Crippen molar-refractivity contribution in [3.8, 4) is 28.6 Å².